The van der Waals surface area contributed by atoms with Crippen LogP contribution in [0.3, 0.4) is 0 Å². The van der Waals surface area contributed by atoms with Crippen molar-refractivity contribution >= 4 is 12.1 Å². The van der Waals surface area contributed by atoms with Gasteiger partial charge < -0.3 is 9.47 Å². The van der Waals surface area contributed by atoms with Crippen LogP contribution in [0.4, 0.5) is 0 Å². The first-order chi connectivity index (χ1) is 10.3. The van der Waals surface area contributed by atoms with Gasteiger partial charge >= 0.3 is 0 Å². The second-order valence-corrected chi connectivity index (χ2v) is 4.19. The van der Waals surface area contributed by atoms with Crippen LogP contribution in [-0.2, 0) is 0 Å². The van der Waals surface area contributed by atoms with Crippen LogP contribution in [0.25, 0.3) is 0 Å². The number of carbonyl (C=O) groups excluding carboxylic acids is 1. The molecule has 2 heterocycles. The second kappa shape index (κ2) is 6.00. The number of benzene rings is 1. The van der Waals surface area contributed by atoms with Crippen LogP contribution in [0.2, 0.25) is 0 Å². The Labute approximate surface area is 120 Å². The van der Waals surface area contributed by atoms with E-state index in [-0.39, 0.29) is 5.69 Å². The maximum atomic E-state index is 11.7. The molecule has 1 N–H and O–H groups in total. The predicted molar refractivity (Wildman–Crippen MR) is 74.5 cm³/mol. The number of hydrogen-bond donors (Lipinski definition) is 1. The number of ether oxygens (including phenoxy) is 2. The molecule has 0 spiro atoms. The molecule has 1 aromatic carbocycles. The Morgan fingerprint density at radius 1 is 1.24 bits per heavy atom. The quantitative estimate of drug-likeness (QED) is 0.671. The number of nitrogens with zero attached hydrogens (tertiary/aromatic N) is 3. The van der Waals surface area contributed by atoms with Crippen LogP contribution in [0, 0.1) is 0 Å². The topological polar surface area (TPSA) is 85.7 Å². The Morgan fingerprint density at radius 3 is 2.90 bits per heavy atom. The molecule has 7 heteroatoms. The smallest absolute Gasteiger partial charge is 0.291 e. The van der Waals surface area contributed by atoms with E-state index in [1.54, 1.807) is 12.1 Å². The van der Waals surface area contributed by atoms with E-state index in [0.717, 1.165) is 5.56 Å². The van der Waals surface area contributed by atoms with Crippen molar-refractivity contribution in [2.75, 3.05) is 13.2 Å². The number of hydrogen-bond acceptors (Lipinski definition) is 6. The standard InChI is InChI=1S/C14H12N4O3/c19-14(11-9-15-3-4-16-11)18-17-8-10-1-2-12-13(7-10)21-6-5-20-12/h1-4,7-9H,5-6H2,(H,18,19)/b17-8+. The molecule has 1 amide bonds. The molecule has 0 saturated carbocycles. The first-order valence-corrected chi connectivity index (χ1v) is 6.32. The van der Waals surface area contributed by atoms with E-state index in [2.05, 4.69) is 20.5 Å². The van der Waals surface area contributed by atoms with E-state index in [1.807, 2.05) is 6.07 Å². The summed E-state index contributed by atoms with van der Waals surface area (Å²) >= 11 is 0. The van der Waals surface area contributed by atoms with Gasteiger partial charge in [0.05, 0.1) is 12.4 Å². The highest BCUT2D eigenvalue weighted by Gasteiger charge is 2.11. The predicted octanol–water partition coefficient (Wildman–Crippen LogP) is 1.01. The molecule has 0 unspecified atom stereocenters. The van der Waals surface area contributed by atoms with Gasteiger partial charge in [0, 0.05) is 12.4 Å². The van der Waals surface area contributed by atoms with Gasteiger partial charge in [0.2, 0.25) is 0 Å². The molecule has 106 valence electrons. The van der Waals surface area contributed by atoms with E-state index < -0.39 is 5.91 Å². The summed E-state index contributed by atoms with van der Waals surface area (Å²) in [6.07, 6.45) is 5.83. The summed E-state index contributed by atoms with van der Waals surface area (Å²) in [6, 6.07) is 5.43. The first kappa shape index (κ1) is 13.0. The van der Waals surface area contributed by atoms with E-state index in [1.165, 1.54) is 24.8 Å². The molecule has 0 radical (unpaired) electrons. The van der Waals surface area contributed by atoms with Crippen LogP contribution >= 0.6 is 0 Å². The van der Waals surface area contributed by atoms with Crippen molar-refractivity contribution in [1.82, 2.24) is 15.4 Å². The summed E-state index contributed by atoms with van der Waals surface area (Å²) in [5.74, 6) is 0.962. The van der Waals surface area contributed by atoms with Gasteiger partial charge in [0.15, 0.2) is 11.5 Å². The largest absolute Gasteiger partial charge is 0.486 e. The summed E-state index contributed by atoms with van der Waals surface area (Å²) in [4.78, 5) is 19.4. The van der Waals surface area contributed by atoms with Crippen molar-refractivity contribution in [3.8, 4) is 11.5 Å². The zero-order chi connectivity index (χ0) is 14.5. The minimum absolute atomic E-state index is 0.205. The number of hydrazone groups is 1. The number of rotatable bonds is 3. The number of amides is 1. The molecule has 0 fully saturated rings. The van der Waals surface area contributed by atoms with Gasteiger partial charge in [-0.2, -0.15) is 5.10 Å². The van der Waals surface area contributed by atoms with E-state index >= 15 is 0 Å². The maximum absolute atomic E-state index is 11.7. The highest BCUT2D eigenvalue weighted by molar-refractivity contribution is 5.92. The normalized spacial score (nSPS) is 13.1. The summed E-state index contributed by atoms with van der Waals surface area (Å²) in [5.41, 5.74) is 3.38. The monoisotopic (exact) mass is 284 g/mol. The third-order valence-electron chi connectivity index (χ3n) is 2.74. The Morgan fingerprint density at radius 2 is 2.10 bits per heavy atom. The van der Waals surface area contributed by atoms with Crippen molar-refractivity contribution in [2.24, 2.45) is 5.10 Å². The molecule has 0 atom stereocenters. The van der Waals surface area contributed by atoms with Crippen molar-refractivity contribution < 1.29 is 14.3 Å². The fraction of sp³-hybridized carbons (Fsp3) is 0.143. The molecule has 1 aliphatic heterocycles. The van der Waals surface area contributed by atoms with Crippen molar-refractivity contribution in [3.05, 3.63) is 48.0 Å². The van der Waals surface area contributed by atoms with E-state index in [9.17, 15) is 4.79 Å². The summed E-state index contributed by atoms with van der Waals surface area (Å²) < 4.78 is 10.9. The summed E-state index contributed by atoms with van der Waals surface area (Å²) in [6.45, 7) is 1.08. The average Bonchev–Trinajstić information content (AvgIpc) is 2.55. The Balaban J connectivity index is 1.65. The second-order valence-electron chi connectivity index (χ2n) is 4.19. The molecule has 1 aromatic heterocycles. The summed E-state index contributed by atoms with van der Waals surface area (Å²) in [7, 11) is 0. The van der Waals surface area contributed by atoms with Gasteiger partial charge in [-0.15, -0.1) is 0 Å². The SMILES string of the molecule is O=C(N/N=C/c1ccc2c(c1)OCCO2)c1cnccn1. The zero-order valence-electron chi connectivity index (χ0n) is 11.0. The van der Waals surface area contributed by atoms with Gasteiger partial charge in [-0.05, 0) is 23.8 Å². The highest BCUT2D eigenvalue weighted by atomic mass is 16.6. The van der Waals surface area contributed by atoms with Gasteiger partial charge in [-0.1, -0.05) is 0 Å². The van der Waals surface area contributed by atoms with Crippen LogP contribution < -0.4 is 14.9 Å². The maximum Gasteiger partial charge on any atom is 0.291 e. The molecule has 7 nitrogen and oxygen atoms in total. The molecular weight excluding hydrogens is 272 g/mol. The van der Waals surface area contributed by atoms with Crippen LogP contribution in [0.1, 0.15) is 16.1 Å². The average molecular weight is 284 g/mol. The fourth-order valence-electron chi connectivity index (χ4n) is 1.78. The minimum atomic E-state index is -0.420. The lowest BCUT2D eigenvalue weighted by molar-refractivity contribution is 0.0949. The van der Waals surface area contributed by atoms with Crippen molar-refractivity contribution in [3.63, 3.8) is 0 Å². The van der Waals surface area contributed by atoms with Crippen LogP contribution in [0.15, 0.2) is 41.9 Å². The highest BCUT2D eigenvalue weighted by Crippen LogP contribution is 2.30. The van der Waals surface area contributed by atoms with Gasteiger partial charge in [-0.3, -0.25) is 9.78 Å². The number of aromatic nitrogens is 2. The third-order valence-corrected chi connectivity index (χ3v) is 2.74. The Bertz CT molecular complexity index is 673. The number of nitrogens with one attached hydrogen (secondary N) is 1. The molecule has 0 bridgehead atoms. The lowest BCUT2D eigenvalue weighted by Crippen LogP contribution is -2.19. The van der Waals surface area contributed by atoms with E-state index in [0.29, 0.717) is 24.7 Å². The van der Waals surface area contributed by atoms with Crippen LogP contribution in [-0.4, -0.2) is 35.3 Å². The van der Waals surface area contributed by atoms with E-state index in [4.69, 9.17) is 9.47 Å². The molecule has 3 rings (SSSR count). The fourth-order valence-corrected chi connectivity index (χ4v) is 1.78. The zero-order valence-corrected chi connectivity index (χ0v) is 11.0. The summed E-state index contributed by atoms with van der Waals surface area (Å²) in [5, 5.41) is 3.88. The third kappa shape index (κ3) is 3.14. The number of fused-ring (bicyclic) bond motifs is 1. The first-order valence-electron chi connectivity index (χ1n) is 6.32. The lowest BCUT2D eigenvalue weighted by Gasteiger charge is -2.18. The molecule has 21 heavy (non-hydrogen) atoms. The van der Waals surface area contributed by atoms with Crippen molar-refractivity contribution in [2.45, 2.75) is 0 Å². The van der Waals surface area contributed by atoms with Gasteiger partial charge in [0.1, 0.15) is 18.9 Å². The Kier molecular flexibility index (Phi) is 3.72. The molecular formula is C14H12N4O3. The molecule has 0 aliphatic carbocycles. The Hall–Kier alpha value is -2.96. The van der Waals surface area contributed by atoms with Gasteiger partial charge in [-0.25, -0.2) is 10.4 Å². The van der Waals surface area contributed by atoms with Gasteiger partial charge in [0.25, 0.3) is 5.91 Å². The number of carbonyl (C=O) groups is 1. The minimum Gasteiger partial charge on any atom is -0.486 e. The lowest BCUT2D eigenvalue weighted by atomic mass is 10.2. The molecule has 1 aliphatic rings. The van der Waals surface area contributed by atoms with Crippen molar-refractivity contribution in [1.29, 1.82) is 0 Å². The van der Waals surface area contributed by atoms with Crippen LogP contribution in [0.5, 0.6) is 11.5 Å². The molecule has 2 aromatic rings. The molecule has 0 saturated heterocycles.